The molecule has 0 aromatic heterocycles. The van der Waals surface area contributed by atoms with Gasteiger partial charge in [-0.1, -0.05) is 294 Å². The molecule has 3 atom stereocenters. The van der Waals surface area contributed by atoms with Crippen molar-refractivity contribution >= 4 is 19.7 Å². The van der Waals surface area contributed by atoms with Crippen LogP contribution < -0.4 is 5.32 Å². The van der Waals surface area contributed by atoms with Crippen LogP contribution in [-0.4, -0.2) is 74.3 Å². The van der Waals surface area contributed by atoms with Crippen molar-refractivity contribution < 1.29 is 37.3 Å². The second-order valence-corrected chi connectivity index (χ2v) is 26.9. The number of nitrogens with one attached hydrogen (secondary N) is 1. The zero-order chi connectivity index (χ0) is 60.7. The highest BCUT2D eigenvalue weighted by Gasteiger charge is 2.30. The Morgan fingerprint density at radius 3 is 1.13 bits per heavy atom. The number of esters is 1. The third-order valence-electron chi connectivity index (χ3n) is 15.9. The van der Waals surface area contributed by atoms with Crippen LogP contribution in [0.4, 0.5) is 0 Å². The Balaban J connectivity index is 5.01. The van der Waals surface area contributed by atoms with E-state index >= 15 is 0 Å². The number of phosphoric ester groups is 1. The Morgan fingerprint density at radius 2 is 0.735 bits per heavy atom. The van der Waals surface area contributed by atoms with E-state index in [2.05, 4.69) is 74.7 Å². The van der Waals surface area contributed by atoms with Gasteiger partial charge in [0.25, 0.3) is 0 Å². The molecule has 0 heterocycles. The van der Waals surface area contributed by atoms with Gasteiger partial charge in [-0.05, 0) is 96.0 Å². The minimum absolute atomic E-state index is 0.0399. The summed E-state index contributed by atoms with van der Waals surface area (Å²) in [4.78, 5) is 37.9. The maximum Gasteiger partial charge on any atom is 0.472 e. The normalized spacial score (nSPS) is 13.9. The summed E-state index contributed by atoms with van der Waals surface area (Å²) in [6.45, 7) is 7.02. The molecule has 0 radical (unpaired) electrons. The lowest BCUT2D eigenvalue weighted by atomic mass is 10.0. The zero-order valence-corrected chi connectivity index (χ0v) is 56.6. The van der Waals surface area contributed by atoms with E-state index in [0.717, 1.165) is 70.6 Å². The van der Waals surface area contributed by atoms with Crippen LogP contribution in [0.3, 0.4) is 0 Å². The summed E-state index contributed by atoms with van der Waals surface area (Å²) in [6.07, 6.45) is 80.9. The summed E-state index contributed by atoms with van der Waals surface area (Å²) in [5, 5.41) is 3.07. The Bertz CT molecular complexity index is 1600. The molecule has 9 nitrogen and oxygen atoms in total. The fourth-order valence-electron chi connectivity index (χ4n) is 10.4. The molecule has 1 amide bonds. The maximum atomic E-state index is 13.6. The van der Waals surface area contributed by atoms with Crippen molar-refractivity contribution in [3.63, 3.8) is 0 Å². The Hall–Kier alpha value is -2.29. The van der Waals surface area contributed by atoms with Gasteiger partial charge in [0.1, 0.15) is 19.3 Å². The summed E-state index contributed by atoms with van der Waals surface area (Å²) >= 11 is 0. The molecule has 0 spiro atoms. The fourth-order valence-corrected chi connectivity index (χ4v) is 11.2. The SMILES string of the molecule is CCCCC/C=C\C/C=C\C/C=C\CCCCCCCCCCCCCCC(=O)NC(COP(=O)(O)OCC[N+](C)(C)C)C(/C=C\CCCCCCCCCCC)OC(=O)CCCCCCCCCCCCC/C=C/CCCCCCCC. The fraction of sp³-hybridized carbons (Fsp3) is 0.836. The molecule has 0 aliphatic rings. The lowest BCUT2D eigenvalue weighted by molar-refractivity contribution is -0.870. The average molecular weight is 1190 g/mol. The Kier molecular flexibility index (Phi) is 61.0. The van der Waals surface area contributed by atoms with Crippen molar-refractivity contribution in [1.29, 1.82) is 0 Å². The van der Waals surface area contributed by atoms with E-state index < -0.39 is 20.0 Å². The van der Waals surface area contributed by atoms with Gasteiger partial charge in [-0.15, -0.1) is 0 Å². The topological polar surface area (TPSA) is 111 Å². The first-order valence-corrected chi connectivity index (χ1v) is 37.1. The predicted molar refractivity (Wildman–Crippen MR) is 360 cm³/mol. The number of likely N-dealkylation sites (N-methyl/N-ethyl adjacent to an activating group) is 1. The number of quaternary nitrogens is 1. The smallest absolute Gasteiger partial charge is 0.456 e. The van der Waals surface area contributed by atoms with Gasteiger partial charge in [0, 0.05) is 12.8 Å². The minimum Gasteiger partial charge on any atom is -0.456 e. The monoisotopic (exact) mass is 1190 g/mol. The number of ether oxygens (including phenoxy) is 1. The van der Waals surface area contributed by atoms with Gasteiger partial charge < -0.3 is 19.4 Å². The van der Waals surface area contributed by atoms with Crippen molar-refractivity contribution in [3.8, 4) is 0 Å². The van der Waals surface area contributed by atoms with Crippen molar-refractivity contribution in [3.05, 3.63) is 60.8 Å². The van der Waals surface area contributed by atoms with Gasteiger partial charge in [0.15, 0.2) is 0 Å². The first-order valence-electron chi connectivity index (χ1n) is 35.6. The molecule has 0 aliphatic carbocycles. The van der Waals surface area contributed by atoms with E-state index in [1.807, 2.05) is 33.3 Å². The molecule has 0 aromatic carbocycles. The van der Waals surface area contributed by atoms with E-state index in [9.17, 15) is 19.0 Å². The highest BCUT2D eigenvalue weighted by molar-refractivity contribution is 7.47. The maximum absolute atomic E-state index is 13.6. The second-order valence-electron chi connectivity index (χ2n) is 25.4. The number of amides is 1. The molecule has 486 valence electrons. The van der Waals surface area contributed by atoms with Crippen molar-refractivity contribution in [2.45, 2.75) is 354 Å². The number of rotatable bonds is 65. The van der Waals surface area contributed by atoms with Gasteiger partial charge >= 0.3 is 13.8 Å². The molecule has 3 unspecified atom stereocenters. The molecular weight excluding hydrogens is 1050 g/mol. The number of carbonyl (C=O) groups excluding carboxylic acids is 2. The molecular formula is C73H138N2O7P+. The van der Waals surface area contributed by atoms with E-state index in [1.54, 1.807) is 0 Å². The van der Waals surface area contributed by atoms with Gasteiger partial charge in [0.2, 0.25) is 5.91 Å². The molecule has 0 saturated carbocycles. The number of unbranched alkanes of at least 4 members (excludes halogenated alkanes) is 41. The minimum atomic E-state index is -4.45. The van der Waals surface area contributed by atoms with Gasteiger partial charge in [-0.3, -0.25) is 18.6 Å². The van der Waals surface area contributed by atoms with Crippen LogP contribution in [0.15, 0.2) is 60.8 Å². The van der Waals surface area contributed by atoms with Gasteiger partial charge in [-0.2, -0.15) is 0 Å². The summed E-state index contributed by atoms with van der Waals surface area (Å²) in [5.74, 6) is -0.496. The van der Waals surface area contributed by atoms with E-state index in [-0.39, 0.29) is 25.1 Å². The van der Waals surface area contributed by atoms with Gasteiger partial charge in [-0.25, -0.2) is 4.57 Å². The van der Waals surface area contributed by atoms with Crippen LogP contribution in [0.2, 0.25) is 0 Å². The van der Waals surface area contributed by atoms with Crippen molar-refractivity contribution in [2.24, 2.45) is 0 Å². The largest absolute Gasteiger partial charge is 0.472 e. The number of allylic oxidation sites excluding steroid dienone is 9. The van der Waals surface area contributed by atoms with E-state index in [4.69, 9.17) is 13.8 Å². The standard InChI is InChI=1S/C73H137N2O7P/c1-7-10-13-16-19-22-25-27-29-31-33-35-36-37-38-40-41-43-45-47-50-53-56-59-62-65-72(76)74-70(69-81-83(78,79)80-68-67-75(4,5)6)71(64-61-58-55-52-49-24-21-18-15-12-9-3)82-73(77)66-63-60-57-54-51-48-46-44-42-39-34-32-30-28-26-23-20-17-14-11-8-2/h19,22,27-30,33,35,61,64,70-71H,7-18,20-21,23-26,31-32,34,36-60,62-63,65-69H2,1-6H3,(H-,74,76,78,79)/p+1/b22-19-,29-27-,30-28+,35-33-,64-61-. The van der Waals surface area contributed by atoms with Crippen molar-refractivity contribution in [1.82, 2.24) is 5.32 Å². The molecule has 0 rings (SSSR count). The number of nitrogens with zero attached hydrogens (tertiary/aromatic N) is 1. The molecule has 0 fully saturated rings. The van der Waals surface area contributed by atoms with Crippen LogP contribution in [0.5, 0.6) is 0 Å². The second kappa shape index (κ2) is 62.8. The summed E-state index contributed by atoms with van der Waals surface area (Å²) in [5.41, 5.74) is 0. The summed E-state index contributed by atoms with van der Waals surface area (Å²) in [6, 6.07) is -0.850. The summed E-state index contributed by atoms with van der Waals surface area (Å²) in [7, 11) is 1.50. The number of hydrogen-bond donors (Lipinski definition) is 2. The molecule has 0 saturated heterocycles. The molecule has 0 aromatic rings. The third-order valence-corrected chi connectivity index (χ3v) is 16.9. The third kappa shape index (κ3) is 64.0. The average Bonchev–Trinajstić information content (AvgIpc) is 3.51. The van der Waals surface area contributed by atoms with Crippen LogP contribution >= 0.6 is 7.82 Å². The number of hydrogen-bond acceptors (Lipinski definition) is 6. The van der Waals surface area contributed by atoms with Crippen LogP contribution in [0.1, 0.15) is 342 Å². The van der Waals surface area contributed by atoms with E-state index in [1.165, 1.54) is 238 Å². The molecule has 0 bridgehead atoms. The van der Waals surface area contributed by atoms with E-state index in [0.29, 0.717) is 23.9 Å². The lowest BCUT2D eigenvalue weighted by Gasteiger charge is -2.27. The Labute approximate surface area is 515 Å². The highest BCUT2D eigenvalue weighted by Crippen LogP contribution is 2.43. The predicted octanol–water partition coefficient (Wildman–Crippen LogP) is 22.6. The zero-order valence-electron chi connectivity index (χ0n) is 55.7. The van der Waals surface area contributed by atoms with Crippen LogP contribution in [-0.2, 0) is 27.9 Å². The quantitative estimate of drug-likeness (QED) is 0.0205. The highest BCUT2D eigenvalue weighted by atomic mass is 31.2. The number of carbonyl (C=O) groups is 2. The first kappa shape index (κ1) is 80.7. The van der Waals surface area contributed by atoms with Gasteiger partial charge in [0.05, 0.1) is 33.8 Å². The van der Waals surface area contributed by atoms with Crippen molar-refractivity contribution in [2.75, 3.05) is 40.9 Å². The first-order chi connectivity index (χ1) is 40.4. The lowest BCUT2D eigenvalue weighted by Crippen LogP contribution is -2.47. The molecule has 83 heavy (non-hydrogen) atoms. The molecule has 10 heteroatoms. The van der Waals surface area contributed by atoms with Crippen LogP contribution in [0, 0.1) is 0 Å². The van der Waals surface area contributed by atoms with Crippen LogP contribution in [0.25, 0.3) is 0 Å². The number of phosphoric acid groups is 1. The molecule has 0 aliphatic heterocycles. The molecule has 2 N–H and O–H groups in total. The Morgan fingerprint density at radius 1 is 0.422 bits per heavy atom. The summed E-state index contributed by atoms with van der Waals surface area (Å²) < 4.78 is 30.8.